The molecule has 1 heterocycles. The maximum absolute atomic E-state index is 13.0. The number of hydrogen-bond donors (Lipinski definition) is 1. The maximum atomic E-state index is 13.0. The van der Waals surface area contributed by atoms with Crippen LogP contribution < -0.4 is 10.2 Å². The number of nitrogens with one attached hydrogen (secondary N) is 1. The molecule has 0 saturated heterocycles. The number of amides is 1. The van der Waals surface area contributed by atoms with Crippen molar-refractivity contribution in [1.82, 2.24) is 20.1 Å². The Hall–Kier alpha value is -2.89. The third-order valence-corrected chi connectivity index (χ3v) is 4.60. The van der Waals surface area contributed by atoms with Crippen molar-refractivity contribution in [3.63, 3.8) is 0 Å². The Morgan fingerprint density at radius 2 is 1.88 bits per heavy atom. The Bertz CT molecular complexity index is 915. The van der Waals surface area contributed by atoms with Gasteiger partial charge in [-0.1, -0.05) is 31.2 Å². The van der Waals surface area contributed by atoms with E-state index in [-0.39, 0.29) is 11.9 Å². The van der Waals surface area contributed by atoms with Crippen LogP contribution in [-0.2, 0) is 6.54 Å². The molecule has 26 heavy (non-hydrogen) atoms. The zero-order valence-electron chi connectivity index (χ0n) is 15.7. The van der Waals surface area contributed by atoms with Gasteiger partial charge in [0, 0.05) is 37.3 Å². The molecule has 0 aliphatic heterocycles. The molecule has 1 atom stereocenters. The zero-order chi connectivity index (χ0) is 18.7. The Morgan fingerprint density at radius 3 is 2.54 bits per heavy atom. The van der Waals surface area contributed by atoms with E-state index in [2.05, 4.69) is 20.3 Å². The number of fused-ring (bicyclic) bond motifs is 1. The van der Waals surface area contributed by atoms with E-state index in [1.807, 2.05) is 69.0 Å². The van der Waals surface area contributed by atoms with E-state index in [1.165, 1.54) is 6.33 Å². The number of aromatic nitrogens is 3. The highest BCUT2D eigenvalue weighted by atomic mass is 16.1. The fourth-order valence-electron chi connectivity index (χ4n) is 3.24. The lowest BCUT2D eigenvalue weighted by molar-refractivity contribution is 0.0934. The van der Waals surface area contributed by atoms with Gasteiger partial charge in [0.1, 0.15) is 12.2 Å². The summed E-state index contributed by atoms with van der Waals surface area (Å²) in [6.45, 7) is 4.77. The molecule has 3 aromatic rings. The quantitative estimate of drug-likeness (QED) is 0.739. The van der Waals surface area contributed by atoms with Gasteiger partial charge in [-0.15, -0.1) is 0 Å². The second-order valence-corrected chi connectivity index (χ2v) is 6.44. The molecule has 3 rings (SSSR count). The van der Waals surface area contributed by atoms with Crippen molar-refractivity contribution in [2.24, 2.45) is 0 Å². The van der Waals surface area contributed by atoms with Crippen molar-refractivity contribution in [3.05, 3.63) is 54.1 Å². The molecule has 1 amide bonds. The molecule has 0 radical (unpaired) electrons. The molecule has 0 aliphatic rings. The Labute approximate surface area is 153 Å². The van der Waals surface area contributed by atoms with Crippen LogP contribution in [-0.4, -0.2) is 34.8 Å². The minimum Gasteiger partial charge on any atom is -0.377 e. The average molecular weight is 351 g/mol. The van der Waals surface area contributed by atoms with Gasteiger partial charge in [-0.3, -0.25) is 4.79 Å². The SMILES string of the molecule is CCC(NC(=O)c1ccc(N(C)C)c2ccccc12)c1ncnn1CC. The van der Waals surface area contributed by atoms with E-state index in [9.17, 15) is 4.79 Å². The van der Waals surface area contributed by atoms with Crippen LogP contribution in [0.4, 0.5) is 5.69 Å². The van der Waals surface area contributed by atoms with Crippen LogP contribution in [0.5, 0.6) is 0 Å². The second-order valence-electron chi connectivity index (χ2n) is 6.44. The zero-order valence-corrected chi connectivity index (χ0v) is 15.7. The van der Waals surface area contributed by atoms with E-state index in [4.69, 9.17) is 0 Å². The van der Waals surface area contributed by atoms with Crippen molar-refractivity contribution in [2.75, 3.05) is 19.0 Å². The molecule has 1 N–H and O–H groups in total. The highest BCUT2D eigenvalue weighted by Crippen LogP contribution is 2.29. The van der Waals surface area contributed by atoms with Crippen molar-refractivity contribution in [1.29, 1.82) is 0 Å². The van der Waals surface area contributed by atoms with Crippen molar-refractivity contribution in [3.8, 4) is 0 Å². The van der Waals surface area contributed by atoms with Crippen molar-refractivity contribution in [2.45, 2.75) is 32.9 Å². The van der Waals surface area contributed by atoms with E-state index >= 15 is 0 Å². The minimum atomic E-state index is -0.169. The Balaban J connectivity index is 1.96. The van der Waals surface area contributed by atoms with Gasteiger partial charge in [-0.2, -0.15) is 5.10 Å². The van der Waals surface area contributed by atoms with E-state index in [0.29, 0.717) is 5.56 Å². The third kappa shape index (κ3) is 3.27. The fraction of sp³-hybridized carbons (Fsp3) is 0.350. The molecule has 1 unspecified atom stereocenters. The second kappa shape index (κ2) is 7.56. The summed E-state index contributed by atoms with van der Waals surface area (Å²) in [4.78, 5) is 19.4. The van der Waals surface area contributed by atoms with Crippen LogP contribution in [0.25, 0.3) is 10.8 Å². The largest absolute Gasteiger partial charge is 0.377 e. The van der Waals surface area contributed by atoms with Gasteiger partial charge < -0.3 is 10.2 Å². The van der Waals surface area contributed by atoms with Crippen LogP contribution in [0.3, 0.4) is 0 Å². The number of carbonyl (C=O) groups excluding carboxylic acids is 1. The summed E-state index contributed by atoms with van der Waals surface area (Å²) in [5.41, 5.74) is 1.77. The van der Waals surface area contributed by atoms with Crippen molar-refractivity contribution < 1.29 is 4.79 Å². The summed E-state index contributed by atoms with van der Waals surface area (Å²) in [5, 5.41) is 9.35. The first-order valence-corrected chi connectivity index (χ1v) is 8.94. The van der Waals surface area contributed by atoms with Gasteiger partial charge in [0.2, 0.25) is 0 Å². The summed E-state index contributed by atoms with van der Waals surface area (Å²) in [6.07, 6.45) is 2.28. The highest BCUT2D eigenvalue weighted by molar-refractivity contribution is 6.10. The van der Waals surface area contributed by atoms with Crippen molar-refractivity contribution >= 4 is 22.4 Å². The van der Waals surface area contributed by atoms with Gasteiger partial charge in [0.05, 0.1) is 6.04 Å². The monoisotopic (exact) mass is 351 g/mol. The van der Waals surface area contributed by atoms with E-state index < -0.39 is 0 Å². The number of aryl methyl sites for hydroxylation is 1. The topological polar surface area (TPSA) is 63.1 Å². The van der Waals surface area contributed by atoms with E-state index in [1.54, 1.807) is 0 Å². The molecule has 1 aromatic heterocycles. The van der Waals surface area contributed by atoms with Gasteiger partial charge >= 0.3 is 0 Å². The summed E-state index contributed by atoms with van der Waals surface area (Å²) in [7, 11) is 4.01. The lowest BCUT2D eigenvalue weighted by Gasteiger charge is -2.20. The van der Waals surface area contributed by atoms with E-state index in [0.717, 1.165) is 35.2 Å². The fourth-order valence-corrected chi connectivity index (χ4v) is 3.24. The summed E-state index contributed by atoms with van der Waals surface area (Å²) in [6, 6.07) is 11.7. The number of rotatable bonds is 6. The number of carbonyl (C=O) groups is 1. The average Bonchev–Trinajstić information content (AvgIpc) is 3.13. The van der Waals surface area contributed by atoms with Gasteiger partial charge in [0.15, 0.2) is 0 Å². The molecule has 2 aromatic carbocycles. The summed E-state index contributed by atoms with van der Waals surface area (Å²) < 4.78 is 1.82. The van der Waals surface area contributed by atoms with Gasteiger partial charge in [-0.05, 0) is 30.9 Å². The van der Waals surface area contributed by atoms with Crippen LogP contribution in [0, 0.1) is 0 Å². The first-order chi connectivity index (χ1) is 12.6. The van der Waals surface area contributed by atoms with Crippen LogP contribution in [0.1, 0.15) is 42.5 Å². The molecule has 0 spiro atoms. The molecule has 136 valence electrons. The first-order valence-electron chi connectivity index (χ1n) is 8.94. The molecule has 0 bridgehead atoms. The number of benzene rings is 2. The lowest BCUT2D eigenvalue weighted by atomic mass is 10.0. The minimum absolute atomic E-state index is 0.0935. The molecule has 0 fully saturated rings. The predicted octanol–water partition coefficient (Wildman–Crippen LogP) is 3.40. The van der Waals surface area contributed by atoms with Gasteiger partial charge in [-0.25, -0.2) is 9.67 Å². The summed E-state index contributed by atoms with van der Waals surface area (Å²) in [5.74, 6) is 0.696. The van der Waals surface area contributed by atoms with Gasteiger partial charge in [0.25, 0.3) is 5.91 Å². The number of anilines is 1. The Morgan fingerprint density at radius 1 is 1.15 bits per heavy atom. The summed E-state index contributed by atoms with van der Waals surface area (Å²) >= 11 is 0. The molecule has 0 saturated carbocycles. The smallest absolute Gasteiger partial charge is 0.252 e. The molecule has 6 nitrogen and oxygen atoms in total. The predicted molar refractivity (Wildman–Crippen MR) is 104 cm³/mol. The number of nitrogens with zero attached hydrogens (tertiary/aromatic N) is 4. The maximum Gasteiger partial charge on any atom is 0.252 e. The molecular weight excluding hydrogens is 326 g/mol. The standard InChI is InChI=1S/C20H25N5O/c1-5-17(19-21-13-22-25(19)6-2)23-20(26)16-11-12-18(24(3)4)15-10-8-7-9-14(15)16/h7-13,17H,5-6H2,1-4H3,(H,23,26). The lowest BCUT2D eigenvalue weighted by Crippen LogP contribution is -2.30. The normalized spacial score (nSPS) is 12.2. The van der Waals surface area contributed by atoms with Crippen LogP contribution >= 0.6 is 0 Å². The van der Waals surface area contributed by atoms with Crippen LogP contribution in [0.2, 0.25) is 0 Å². The molecular formula is C20H25N5O. The molecule has 0 aliphatic carbocycles. The third-order valence-electron chi connectivity index (χ3n) is 4.60. The Kier molecular flexibility index (Phi) is 5.21. The first kappa shape index (κ1) is 17.9. The highest BCUT2D eigenvalue weighted by Gasteiger charge is 2.20. The number of hydrogen-bond acceptors (Lipinski definition) is 4. The van der Waals surface area contributed by atoms with Crippen LogP contribution in [0.15, 0.2) is 42.7 Å². The molecule has 6 heteroatoms.